The molecule has 0 aromatic rings. The number of piperidine rings is 2. The molecule has 0 saturated carbocycles. The first-order valence-corrected chi connectivity index (χ1v) is 5.89. The Morgan fingerprint density at radius 1 is 1.00 bits per heavy atom. The van der Waals surface area contributed by atoms with E-state index in [-0.39, 0.29) is 5.91 Å². The van der Waals surface area contributed by atoms with Crippen molar-refractivity contribution in [2.45, 2.75) is 25.7 Å². The quantitative estimate of drug-likeness (QED) is 0.432. The predicted molar refractivity (Wildman–Crippen MR) is 62.1 cm³/mol. The number of rotatable bonds is 0. The molecule has 2 saturated heterocycles. The minimum absolute atomic E-state index is 0.253. The van der Waals surface area contributed by atoms with Gasteiger partial charge in [0.25, 0.3) is 0 Å². The third kappa shape index (κ3) is 4.33. The maximum Gasteiger partial charge on any atom is 0.414 e. The largest absolute Gasteiger partial charge is 0.473 e. The van der Waals surface area contributed by atoms with Gasteiger partial charge in [0.05, 0.1) is 0 Å². The summed E-state index contributed by atoms with van der Waals surface area (Å²) in [6.07, 6.45) is 4.30. The summed E-state index contributed by atoms with van der Waals surface area (Å²) in [5, 5.41) is 21.0. The van der Waals surface area contributed by atoms with E-state index in [1.165, 1.54) is 19.3 Å². The lowest BCUT2D eigenvalue weighted by Crippen LogP contribution is -2.46. The maximum absolute atomic E-state index is 11.2. The summed E-state index contributed by atoms with van der Waals surface area (Å²) >= 11 is 0. The number of carboxylic acid groups (broad SMARTS) is 2. The first-order chi connectivity index (χ1) is 8.45. The molecule has 0 unspecified atom stereocenters. The zero-order valence-electron chi connectivity index (χ0n) is 10.1. The van der Waals surface area contributed by atoms with Crippen molar-refractivity contribution in [3.05, 3.63) is 0 Å². The van der Waals surface area contributed by atoms with E-state index in [0.29, 0.717) is 5.41 Å². The number of carbonyl (C=O) groups excluding carboxylic acids is 1. The Morgan fingerprint density at radius 2 is 1.50 bits per heavy atom. The second-order valence-electron chi connectivity index (χ2n) is 4.64. The molecule has 2 heterocycles. The highest BCUT2D eigenvalue weighted by molar-refractivity contribution is 6.27. The van der Waals surface area contributed by atoms with Crippen molar-refractivity contribution in [1.82, 2.24) is 10.6 Å². The van der Waals surface area contributed by atoms with Gasteiger partial charge < -0.3 is 20.8 Å². The van der Waals surface area contributed by atoms with Gasteiger partial charge in [-0.15, -0.1) is 0 Å². The normalized spacial score (nSPS) is 21.4. The molecule has 0 atom stereocenters. The molecular weight excluding hydrogens is 240 g/mol. The molecule has 18 heavy (non-hydrogen) atoms. The van der Waals surface area contributed by atoms with E-state index in [1.807, 2.05) is 0 Å². The number of nitrogens with one attached hydrogen (secondary N) is 2. The average Bonchev–Trinajstić information content (AvgIpc) is 2.30. The number of amides is 1. The van der Waals surface area contributed by atoms with E-state index in [4.69, 9.17) is 19.8 Å². The summed E-state index contributed by atoms with van der Waals surface area (Å²) in [7, 11) is 0. The molecule has 0 aromatic carbocycles. The average molecular weight is 258 g/mol. The second-order valence-corrected chi connectivity index (χ2v) is 4.64. The van der Waals surface area contributed by atoms with Crippen LogP contribution < -0.4 is 10.6 Å². The molecule has 2 aliphatic heterocycles. The van der Waals surface area contributed by atoms with Gasteiger partial charge in [-0.1, -0.05) is 0 Å². The van der Waals surface area contributed by atoms with Crippen LogP contribution in [0.2, 0.25) is 0 Å². The standard InChI is InChI=1S/C9H16N2O.C2H2O4/c12-8-7-9(3-6-11-8)1-4-10-5-2-9;3-1(4)2(5)6/h10H,1-7H2,(H,11,12);(H,3,4)(H,5,6). The number of carbonyl (C=O) groups is 3. The van der Waals surface area contributed by atoms with Crippen LogP contribution in [0.3, 0.4) is 0 Å². The van der Waals surface area contributed by atoms with Gasteiger partial charge >= 0.3 is 11.9 Å². The second kappa shape index (κ2) is 6.34. The summed E-state index contributed by atoms with van der Waals surface area (Å²) < 4.78 is 0. The highest BCUT2D eigenvalue weighted by Crippen LogP contribution is 2.37. The van der Waals surface area contributed by atoms with Crippen LogP contribution in [0, 0.1) is 5.41 Å². The zero-order chi connectivity index (χ0) is 13.6. The molecule has 1 spiro atoms. The zero-order valence-corrected chi connectivity index (χ0v) is 10.1. The lowest BCUT2D eigenvalue weighted by Gasteiger charge is -2.40. The van der Waals surface area contributed by atoms with Gasteiger partial charge in [-0.3, -0.25) is 4.79 Å². The molecule has 7 heteroatoms. The highest BCUT2D eigenvalue weighted by atomic mass is 16.4. The highest BCUT2D eigenvalue weighted by Gasteiger charge is 2.36. The maximum atomic E-state index is 11.2. The van der Waals surface area contributed by atoms with Crippen LogP contribution in [0.25, 0.3) is 0 Å². The summed E-state index contributed by atoms with van der Waals surface area (Å²) in [6.45, 7) is 3.07. The Labute approximate surface area is 105 Å². The van der Waals surface area contributed by atoms with Crippen molar-refractivity contribution in [2.24, 2.45) is 5.41 Å². The van der Waals surface area contributed by atoms with Crippen LogP contribution in [0.15, 0.2) is 0 Å². The Kier molecular flexibility index (Phi) is 5.08. The fourth-order valence-corrected chi connectivity index (χ4v) is 2.34. The molecule has 2 rings (SSSR count). The molecule has 0 radical (unpaired) electrons. The molecular formula is C11H18N2O5. The van der Waals surface area contributed by atoms with E-state index in [2.05, 4.69) is 10.6 Å². The minimum Gasteiger partial charge on any atom is -0.473 e. The Bertz CT molecular complexity index is 319. The van der Waals surface area contributed by atoms with Gasteiger partial charge in [0.15, 0.2) is 0 Å². The van der Waals surface area contributed by atoms with Gasteiger partial charge in [0.1, 0.15) is 0 Å². The number of hydrogen-bond acceptors (Lipinski definition) is 4. The van der Waals surface area contributed by atoms with Crippen molar-refractivity contribution < 1.29 is 24.6 Å². The first kappa shape index (κ1) is 14.4. The minimum atomic E-state index is -1.82. The van der Waals surface area contributed by atoms with Crippen LogP contribution in [0.1, 0.15) is 25.7 Å². The lowest BCUT2D eigenvalue weighted by molar-refractivity contribution is -0.159. The molecule has 102 valence electrons. The topological polar surface area (TPSA) is 116 Å². The number of carboxylic acids is 2. The molecule has 7 nitrogen and oxygen atoms in total. The van der Waals surface area contributed by atoms with Gasteiger partial charge in [-0.2, -0.15) is 0 Å². The van der Waals surface area contributed by atoms with E-state index in [9.17, 15) is 4.79 Å². The van der Waals surface area contributed by atoms with Crippen molar-refractivity contribution in [1.29, 1.82) is 0 Å². The van der Waals surface area contributed by atoms with E-state index in [0.717, 1.165) is 26.1 Å². The van der Waals surface area contributed by atoms with E-state index < -0.39 is 11.9 Å². The molecule has 0 aromatic heterocycles. The Morgan fingerprint density at radius 3 is 1.94 bits per heavy atom. The van der Waals surface area contributed by atoms with Crippen LogP contribution in [0.5, 0.6) is 0 Å². The van der Waals surface area contributed by atoms with Crippen LogP contribution >= 0.6 is 0 Å². The Balaban J connectivity index is 0.000000232. The third-order valence-corrected chi connectivity index (χ3v) is 3.36. The summed E-state index contributed by atoms with van der Waals surface area (Å²) in [5.74, 6) is -3.40. The molecule has 2 aliphatic rings. The van der Waals surface area contributed by atoms with Gasteiger partial charge in [0, 0.05) is 13.0 Å². The van der Waals surface area contributed by atoms with Gasteiger partial charge in [-0.25, -0.2) is 9.59 Å². The van der Waals surface area contributed by atoms with Crippen molar-refractivity contribution in [3.63, 3.8) is 0 Å². The van der Waals surface area contributed by atoms with E-state index >= 15 is 0 Å². The van der Waals surface area contributed by atoms with Crippen LogP contribution in [-0.4, -0.2) is 47.7 Å². The smallest absolute Gasteiger partial charge is 0.414 e. The fraction of sp³-hybridized carbons (Fsp3) is 0.727. The summed E-state index contributed by atoms with van der Waals surface area (Å²) in [6, 6.07) is 0. The monoisotopic (exact) mass is 258 g/mol. The molecule has 1 amide bonds. The van der Waals surface area contributed by atoms with Gasteiger partial charge in [-0.05, 0) is 37.8 Å². The number of aliphatic carboxylic acids is 2. The lowest BCUT2D eigenvalue weighted by atomic mass is 9.72. The molecule has 4 N–H and O–H groups in total. The van der Waals surface area contributed by atoms with E-state index in [1.54, 1.807) is 0 Å². The molecule has 2 fully saturated rings. The first-order valence-electron chi connectivity index (χ1n) is 5.89. The Hall–Kier alpha value is -1.63. The van der Waals surface area contributed by atoms with Crippen molar-refractivity contribution >= 4 is 17.8 Å². The van der Waals surface area contributed by atoms with Gasteiger partial charge in [0.2, 0.25) is 5.91 Å². The van der Waals surface area contributed by atoms with Crippen molar-refractivity contribution in [2.75, 3.05) is 19.6 Å². The predicted octanol–water partition coefficient (Wildman–Crippen LogP) is -0.578. The van der Waals surface area contributed by atoms with Crippen LogP contribution in [0.4, 0.5) is 0 Å². The molecule has 0 aliphatic carbocycles. The fourth-order valence-electron chi connectivity index (χ4n) is 2.34. The van der Waals surface area contributed by atoms with Crippen LogP contribution in [-0.2, 0) is 14.4 Å². The summed E-state index contributed by atoms with van der Waals surface area (Å²) in [4.78, 5) is 29.4. The summed E-state index contributed by atoms with van der Waals surface area (Å²) in [5.41, 5.74) is 0.355. The number of hydrogen-bond donors (Lipinski definition) is 4. The van der Waals surface area contributed by atoms with Crippen molar-refractivity contribution in [3.8, 4) is 0 Å². The molecule has 0 bridgehead atoms. The SMILES string of the molecule is O=C(O)C(=O)O.O=C1CC2(CCNCC2)CCN1. The third-order valence-electron chi connectivity index (χ3n) is 3.36.